The van der Waals surface area contributed by atoms with Crippen LogP contribution in [-0.2, 0) is 25.6 Å². The molecule has 4 amide bonds. The van der Waals surface area contributed by atoms with E-state index in [0.29, 0.717) is 6.42 Å². The molecular weight excluding hydrogens is 528 g/mol. The second-order valence-corrected chi connectivity index (χ2v) is 11.6. The molecule has 0 aliphatic rings. The number of allylic oxidation sites excluding steroid dienone is 1. The van der Waals surface area contributed by atoms with Crippen molar-refractivity contribution in [2.45, 2.75) is 84.3 Å². The molecule has 0 aliphatic heterocycles. The normalized spacial score (nSPS) is 12.8. The van der Waals surface area contributed by atoms with E-state index >= 15 is 0 Å². The van der Waals surface area contributed by atoms with Crippen LogP contribution in [0.3, 0.4) is 0 Å². The predicted molar refractivity (Wildman–Crippen MR) is 167 cm³/mol. The molecule has 0 aromatic heterocycles. The number of nitrogens with one attached hydrogen (secondary N) is 4. The monoisotopic (exact) mass is 572 g/mol. The topological polar surface area (TPSA) is 116 Å². The van der Waals surface area contributed by atoms with Crippen molar-refractivity contribution in [1.82, 2.24) is 21.3 Å². The third kappa shape index (κ3) is 13.3. The first-order chi connectivity index (χ1) is 19.9. The quantitative estimate of drug-likeness (QED) is 0.258. The second kappa shape index (κ2) is 16.8. The van der Waals surface area contributed by atoms with Crippen LogP contribution in [0.4, 0.5) is 0 Å². The molecule has 0 spiro atoms. The van der Waals surface area contributed by atoms with E-state index < -0.39 is 17.6 Å². The summed E-state index contributed by atoms with van der Waals surface area (Å²) in [5, 5.41) is 11.4. The van der Waals surface area contributed by atoms with Crippen molar-refractivity contribution in [1.29, 1.82) is 0 Å². The summed E-state index contributed by atoms with van der Waals surface area (Å²) in [7, 11) is 0. The first-order valence-electron chi connectivity index (χ1n) is 14.3. The molecule has 0 saturated carbocycles. The van der Waals surface area contributed by atoms with Gasteiger partial charge in [0.1, 0.15) is 0 Å². The Morgan fingerprint density at radius 2 is 1.50 bits per heavy atom. The maximum absolute atomic E-state index is 12.9. The Morgan fingerprint density at radius 1 is 0.857 bits per heavy atom. The lowest BCUT2D eigenvalue weighted by Crippen LogP contribution is -2.47. The predicted octanol–water partition coefficient (Wildman–Crippen LogP) is 3.84. The van der Waals surface area contributed by atoms with Gasteiger partial charge in [-0.15, -0.1) is 6.42 Å². The lowest BCUT2D eigenvalue weighted by molar-refractivity contribution is -0.125. The Kier molecular flexibility index (Phi) is 13.5. The van der Waals surface area contributed by atoms with Crippen LogP contribution in [0, 0.1) is 19.3 Å². The fraction of sp³-hybridized carbons (Fsp3) is 0.412. The first-order valence-corrected chi connectivity index (χ1v) is 14.3. The number of amides is 4. The molecule has 0 bridgehead atoms. The number of hydrogen-bond donors (Lipinski definition) is 4. The number of terminal acetylenes is 1. The van der Waals surface area contributed by atoms with E-state index in [1.54, 1.807) is 13.0 Å². The van der Waals surface area contributed by atoms with E-state index in [2.05, 4.69) is 27.2 Å². The number of hydrogen-bond acceptors (Lipinski definition) is 4. The molecule has 0 radical (unpaired) electrons. The Bertz CT molecular complexity index is 1290. The highest BCUT2D eigenvalue weighted by atomic mass is 16.2. The standard InChI is InChI=1S/C34H44N4O4/c1-7-13-27(29-17-12-11-14-24(29)2)23-35-31(40)20-25(3)36-32(41)21-28(22-33(42)38-34(4,5)6)37-30(39)19-18-26-15-9-8-10-16-26/h1,8-17,25,28H,18-23H2,2-6H3,(H,35,40)(H,36,41)(H,37,39)(H,38,42)/b27-13-/t25-,28+/m0/s1. The molecular formula is C34H44N4O4. The third-order valence-electron chi connectivity index (χ3n) is 6.35. The molecule has 4 N–H and O–H groups in total. The molecule has 0 saturated heterocycles. The van der Waals surface area contributed by atoms with Crippen molar-refractivity contribution in [3.05, 3.63) is 77.4 Å². The van der Waals surface area contributed by atoms with Gasteiger partial charge in [0.05, 0.1) is 0 Å². The first kappa shape index (κ1) is 33.8. The van der Waals surface area contributed by atoms with E-state index in [-0.39, 0.29) is 55.9 Å². The lowest BCUT2D eigenvalue weighted by Gasteiger charge is -2.24. The fourth-order valence-corrected chi connectivity index (χ4v) is 4.48. The van der Waals surface area contributed by atoms with E-state index in [0.717, 1.165) is 22.3 Å². The van der Waals surface area contributed by atoms with Gasteiger partial charge in [-0.05, 0) is 69.4 Å². The van der Waals surface area contributed by atoms with Crippen molar-refractivity contribution < 1.29 is 19.2 Å². The zero-order valence-corrected chi connectivity index (χ0v) is 25.4. The van der Waals surface area contributed by atoms with E-state index in [1.807, 2.05) is 82.3 Å². The molecule has 8 heteroatoms. The van der Waals surface area contributed by atoms with Crippen LogP contribution in [0.1, 0.15) is 70.1 Å². The Hall–Kier alpha value is -4.38. The average Bonchev–Trinajstić information content (AvgIpc) is 2.89. The van der Waals surface area contributed by atoms with Gasteiger partial charge in [-0.2, -0.15) is 0 Å². The van der Waals surface area contributed by atoms with Gasteiger partial charge >= 0.3 is 0 Å². The summed E-state index contributed by atoms with van der Waals surface area (Å²) in [5.74, 6) is 1.42. The minimum atomic E-state index is -0.692. The van der Waals surface area contributed by atoms with Crippen molar-refractivity contribution in [3.8, 4) is 12.3 Å². The number of carbonyl (C=O) groups is 4. The maximum atomic E-state index is 12.9. The summed E-state index contributed by atoms with van der Waals surface area (Å²) < 4.78 is 0. The zero-order chi connectivity index (χ0) is 31.1. The average molecular weight is 573 g/mol. The van der Waals surface area contributed by atoms with E-state index in [9.17, 15) is 19.2 Å². The Labute approximate surface area is 250 Å². The minimum absolute atomic E-state index is 0.0418. The van der Waals surface area contributed by atoms with Crippen LogP contribution in [0.2, 0.25) is 0 Å². The smallest absolute Gasteiger partial charge is 0.222 e. The molecule has 42 heavy (non-hydrogen) atoms. The second-order valence-electron chi connectivity index (χ2n) is 11.6. The van der Waals surface area contributed by atoms with Gasteiger partial charge in [-0.1, -0.05) is 60.5 Å². The summed E-state index contributed by atoms with van der Waals surface area (Å²) in [6.45, 7) is 9.56. The van der Waals surface area contributed by atoms with Gasteiger partial charge in [0.2, 0.25) is 23.6 Å². The summed E-state index contributed by atoms with van der Waals surface area (Å²) >= 11 is 0. The van der Waals surface area contributed by atoms with Gasteiger partial charge in [-0.25, -0.2) is 0 Å². The van der Waals surface area contributed by atoms with Crippen LogP contribution in [0.15, 0.2) is 60.7 Å². The molecule has 2 aromatic rings. The summed E-state index contributed by atoms with van der Waals surface area (Å²) in [5.41, 5.74) is 3.41. The van der Waals surface area contributed by atoms with Crippen LogP contribution >= 0.6 is 0 Å². The fourth-order valence-electron chi connectivity index (χ4n) is 4.48. The molecule has 2 aromatic carbocycles. The van der Waals surface area contributed by atoms with Crippen molar-refractivity contribution >= 4 is 29.2 Å². The number of benzene rings is 2. The molecule has 0 heterocycles. The summed E-state index contributed by atoms with van der Waals surface area (Å²) in [6.07, 6.45) is 7.84. The van der Waals surface area contributed by atoms with Gasteiger partial charge in [0.25, 0.3) is 0 Å². The van der Waals surface area contributed by atoms with Crippen molar-refractivity contribution in [3.63, 3.8) is 0 Å². The highest BCUT2D eigenvalue weighted by molar-refractivity contribution is 5.84. The summed E-state index contributed by atoms with van der Waals surface area (Å²) in [4.78, 5) is 50.8. The molecule has 0 fully saturated rings. The van der Waals surface area contributed by atoms with Crippen molar-refractivity contribution in [2.75, 3.05) is 6.54 Å². The van der Waals surface area contributed by atoms with Gasteiger partial charge in [-0.3, -0.25) is 19.2 Å². The van der Waals surface area contributed by atoms with E-state index in [1.165, 1.54) is 0 Å². The zero-order valence-electron chi connectivity index (χ0n) is 25.4. The lowest BCUT2D eigenvalue weighted by atomic mass is 10.00. The van der Waals surface area contributed by atoms with Gasteiger partial charge in [0, 0.05) is 49.9 Å². The maximum Gasteiger partial charge on any atom is 0.222 e. The SMILES string of the molecule is C#C/C=C(/CNC(=O)C[C@H](C)NC(=O)C[C@H](CC(=O)NC(C)(C)C)NC(=O)CCc1ccccc1)c1ccccc1C. The highest BCUT2D eigenvalue weighted by Crippen LogP contribution is 2.18. The van der Waals surface area contributed by atoms with Crippen LogP contribution in [0.5, 0.6) is 0 Å². The molecule has 0 unspecified atom stereocenters. The highest BCUT2D eigenvalue weighted by Gasteiger charge is 2.23. The molecule has 2 atom stereocenters. The molecule has 2 rings (SSSR count). The van der Waals surface area contributed by atoms with Crippen LogP contribution < -0.4 is 21.3 Å². The number of carbonyl (C=O) groups excluding carboxylic acids is 4. The van der Waals surface area contributed by atoms with Crippen LogP contribution in [0.25, 0.3) is 5.57 Å². The Balaban J connectivity index is 1.92. The van der Waals surface area contributed by atoms with E-state index in [4.69, 9.17) is 6.42 Å². The minimum Gasteiger partial charge on any atom is -0.353 e. The summed E-state index contributed by atoms with van der Waals surface area (Å²) in [6, 6.07) is 16.3. The Morgan fingerprint density at radius 3 is 2.14 bits per heavy atom. The van der Waals surface area contributed by atoms with Gasteiger partial charge in [0.15, 0.2) is 0 Å². The largest absolute Gasteiger partial charge is 0.353 e. The number of aryl methyl sites for hydroxylation is 2. The molecule has 8 nitrogen and oxygen atoms in total. The molecule has 224 valence electrons. The van der Waals surface area contributed by atoms with Crippen molar-refractivity contribution in [2.24, 2.45) is 0 Å². The van der Waals surface area contributed by atoms with Crippen LogP contribution in [-0.4, -0.2) is 47.8 Å². The van der Waals surface area contributed by atoms with Gasteiger partial charge < -0.3 is 21.3 Å². The number of rotatable bonds is 14. The molecule has 0 aliphatic carbocycles. The third-order valence-corrected chi connectivity index (χ3v) is 6.35.